The van der Waals surface area contributed by atoms with Crippen molar-refractivity contribution in [3.8, 4) is 0 Å². The predicted octanol–water partition coefficient (Wildman–Crippen LogP) is 3.60. The molecular weight excluding hydrogens is 246 g/mol. The van der Waals surface area contributed by atoms with Gasteiger partial charge in [-0.3, -0.25) is 0 Å². The van der Waals surface area contributed by atoms with Crippen molar-refractivity contribution in [3.05, 3.63) is 23.9 Å². The van der Waals surface area contributed by atoms with Gasteiger partial charge in [-0.05, 0) is 30.9 Å². The van der Waals surface area contributed by atoms with Gasteiger partial charge in [0.15, 0.2) is 0 Å². The molecule has 1 fully saturated rings. The van der Waals surface area contributed by atoms with Crippen molar-refractivity contribution < 1.29 is 0 Å². The Kier molecular flexibility index (Phi) is 5.84. The number of anilines is 1. The highest BCUT2D eigenvalue weighted by Crippen LogP contribution is 2.25. The van der Waals surface area contributed by atoms with Crippen molar-refractivity contribution >= 4 is 5.82 Å². The van der Waals surface area contributed by atoms with Crippen molar-refractivity contribution in [1.29, 1.82) is 0 Å². The monoisotopic (exact) mass is 275 g/mol. The molecule has 0 atom stereocenters. The van der Waals surface area contributed by atoms with E-state index in [2.05, 4.69) is 49.3 Å². The normalized spacial score (nSPS) is 16.6. The van der Waals surface area contributed by atoms with Crippen LogP contribution in [-0.4, -0.2) is 24.6 Å². The molecular formula is C17H29N3. The van der Waals surface area contributed by atoms with E-state index < -0.39 is 0 Å². The van der Waals surface area contributed by atoms with Crippen LogP contribution in [0, 0.1) is 5.92 Å². The van der Waals surface area contributed by atoms with E-state index >= 15 is 0 Å². The molecule has 3 nitrogen and oxygen atoms in total. The number of nitrogens with one attached hydrogen (secondary N) is 1. The van der Waals surface area contributed by atoms with Gasteiger partial charge in [0.05, 0.1) is 5.69 Å². The molecule has 0 aromatic carbocycles. The lowest BCUT2D eigenvalue weighted by Gasteiger charge is -2.28. The van der Waals surface area contributed by atoms with Crippen LogP contribution in [0.25, 0.3) is 0 Å². The minimum atomic E-state index is 0.500. The maximum Gasteiger partial charge on any atom is 0.128 e. The molecule has 0 saturated heterocycles. The van der Waals surface area contributed by atoms with Crippen LogP contribution < -0.4 is 10.2 Å². The van der Waals surface area contributed by atoms with Crippen LogP contribution in [0.5, 0.6) is 0 Å². The molecule has 1 saturated carbocycles. The molecule has 0 radical (unpaired) electrons. The van der Waals surface area contributed by atoms with Gasteiger partial charge < -0.3 is 10.2 Å². The lowest BCUT2D eigenvalue weighted by molar-refractivity contribution is 0.361. The van der Waals surface area contributed by atoms with Crippen LogP contribution in [-0.2, 0) is 6.54 Å². The fourth-order valence-electron chi connectivity index (χ4n) is 2.94. The van der Waals surface area contributed by atoms with E-state index in [9.17, 15) is 0 Å². The van der Waals surface area contributed by atoms with Crippen LogP contribution in [0.15, 0.2) is 18.2 Å². The summed E-state index contributed by atoms with van der Waals surface area (Å²) in [5.74, 6) is 1.96. The van der Waals surface area contributed by atoms with E-state index in [0.29, 0.717) is 6.04 Å². The topological polar surface area (TPSA) is 28.2 Å². The fraction of sp³-hybridized carbons (Fsp3) is 0.706. The van der Waals surface area contributed by atoms with Crippen LogP contribution in [0.4, 0.5) is 5.82 Å². The number of aromatic nitrogens is 1. The average Bonchev–Trinajstić information content (AvgIpc) is 2.46. The molecule has 3 heteroatoms. The highest BCUT2D eigenvalue weighted by atomic mass is 15.2. The van der Waals surface area contributed by atoms with Crippen LogP contribution >= 0.6 is 0 Å². The van der Waals surface area contributed by atoms with Crippen LogP contribution in [0.2, 0.25) is 0 Å². The summed E-state index contributed by atoms with van der Waals surface area (Å²) in [5.41, 5.74) is 1.13. The smallest absolute Gasteiger partial charge is 0.128 e. The SMILES string of the molecule is CC(C)NCc1cccc(N(C)CC2CCCCC2)n1. The van der Waals surface area contributed by atoms with E-state index in [-0.39, 0.29) is 0 Å². The molecule has 1 N–H and O–H groups in total. The third-order valence-corrected chi connectivity index (χ3v) is 4.13. The van der Waals surface area contributed by atoms with Crippen molar-refractivity contribution in [1.82, 2.24) is 10.3 Å². The highest BCUT2D eigenvalue weighted by Gasteiger charge is 2.16. The second-order valence-corrected chi connectivity index (χ2v) is 6.41. The second-order valence-electron chi connectivity index (χ2n) is 6.41. The number of nitrogens with zero attached hydrogens (tertiary/aromatic N) is 2. The zero-order valence-electron chi connectivity index (χ0n) is 13.2. The van der Waals surface area contributed by atoms with Crippen molar-refractivity contribution in [3.63, 3.8) is 0 Å². The molecule has 1 aromatic rings. The summed E-state index contributed by atoms with van der Waals surface area (Å²) < 4.78 is 0. The summed E-state index contributed by atoms with van der Waals surface area (Å²) in [4.78, 5) is 7.10. The largest absolute Gasteiger partial charge is 0.359 e. The number of hydrogen-bond acceptors (Lipinski definition) is 3. The zero-order chi connectivity index (χ0) is 14.4. The fourth-order valence-corrected chi connectivity index (χ4v) is 2.94. The molecule has 1 aromatic heterocycles. The first-order valence-electron chi connectivity index (χ1n) is 8.05. The minimum absolute atomic E-state index is 0.500. The first-order valence-corrected chi connectivity index (χ1v) is 8.05. The Hall–Kier alpha value is -1.09. The lowest BCUT2D eigenvalue weighted by atomic mass is 9.89. The molecule has 1 heterocycles. The molecule has 2 rings (SSSR count). The van der Waals surface area contributed by atoms with Crippen molar-refractivity contribution in [2.45, 2.75) is 58.5 Å². The Balaban J connectivity index is 1.91. The molecule has 0 spiro atoms. The summed E-state index contributed by atoms with van der Waals surface area (Å²) >= 11 is 0. The van der Waals surface area contributed by atoms with Crippen molar-refractivity contribution in [2.24, 2.45) is 5.92 Å². The Morgan fingerprint density at radius 2 is 2.00 bits per heavy atom. The summed E-state index contributed by atoms with van der Waals surface area (Å²) in [6.45, 7) is 6.33. The van der Waals surface area contributed by atoms with Gasteiger partial charge in [-0.2, -0.15) is 0 Å². The maximum atomic E-state index is 4.77. The molecule has 0 bridgehead atoms. The predicted molar refractivity (Wildman–Crippen MR) is 86.1 cm³/mol. The molecule has 112 valence electrons. The zero-order valence-corrected chi connectivity index (χ0v) is 13.2. The van der Waals surface area contributed by atoms with E-state index in [1.807, 2.05) is 0 Å². The first-order chi connectivity index (χ1) is 9.65. The van der Waals surface area contributed by atoms with Gasteiger partial charge in [-0.1, -0.05) is 39.2 Å². The third-order valence-electron chi connectivity index (χ3n) is 4.13. The van der Waals surface area contributed by atoms with Gasteiger partial charge in [0.1, 0.15) is 5.82 Å². The summed E-state index contributed by atoms with van der Waals surface area (Å²) in [6, 6.07) is 6.85. The third kappa shape index (κ3) is 4.78. The van der Waals surface area contributed by atoms with E-state index in [4.69, 9.17) is 4.98 Å². The van der Waals surface area contributed by atoms with Crippen molar-refractivity contribution in [2.75, 3.05) is 18.5 Å². The quantitative estimate of drug-likeness (QED) is 0.860. The Labute approximate surface area is 123 Å². The van der Waals surface area contributed by atoms with Gasteiger partial charge in [0.2, 0.25) is 0 Å². The Bertz CT molecular complexity index is 397. The van der Waals surface area contributed by atoms with E-state index in [1.165, 1.54) is 32.1 Å². The number of pyridine rings is 1. The summed E-state index contributed by atoms with van der Waals surface area (Å²) in [6.07, 6.45) is 7.02. The van der Waals surface area contributed by atoms with Gasteiger partial charge in [-0.25, -0.2) is 4.98 Å². The molecule has 0 aliphatic heterocycles. The van der Waals surface area contributed by atoms with Gasteiger partial charge >= 0.3 is 0 Å². The van der Waals surface area contributed by atoms with Gasteiger partial charge in [0.25, 0.3) is 0 Å². The standard InChI is InChI=1S/C17H29N3/c1-14(2)18-12-16-10-7-11-17(19-16)20(3)13-15-8-5-4-6-9-15/h7,10-11,14-15,18H,4-6,8-9,12-13H2,1-3H3. The molecule has 20 heavy (non-hydrogen) atoms. The van der Waals surface area contributed by atoms with Gasteiger partial charge in [-0.15, -0.1) is 0 Å². The maximum absolute atomic E-state index is 4.77. The minimum Gasteiger partial charge on any atom is -0.359 e. The highest BCUT2D eigenvalue weighted by molar-refractivity contribution is 5.38. The summed E-state index contributed by atoms with van der Waals surface area (Å²) in [5, 5.41) is 3.43. The van der Waals surface area contributed by atoms with Crippen LogP contribution in [0.1, 0.15) is 51.6 Å². The second kappa shape index (κ2) is 7.63. The van der Waals surface area contributed by atoms with E-state index in [0.717, 1.165) is 30.5 Å². The molecule has 0 unspecified atom stereocenters. The first kappa shape index (κ1) is 15.3. The Morgan fingerprint density at radius 3 is 2.70 bits per heavy atom. The molecule has 0 amide bonds. The van der Waals surface area contributed by atoms with Crippen LogP contribution in [0.3, 0.4) is 0 Å². The number of rotatable bonds is 6. The van der Waals surface area contributed by atoms with E-state index in [1.54, 1.807) is 0 Å². The lowest BCUT2D eigenvalue weighted by Crippen LogP contribution is -2.28. The molecule has 1 aliphatic carbocycles. The summed E-state index contributed by atoms with van der Waals surface area (Å²) in [7, 11) is 2.18. The number of hydrogen-bond donors (Lipinski definition) is 1. The van der Waals surface area contributed by atoms with Gasteiger partial charge in [0, 0.05) is 26.2 Å². The Morgan fingerprint density at radius 1 is 1.25 bits per heavy atom. The average molecular weight is 275 g/mol. The molecule has 1 aliphatic rings.